The molecule has 0 aliphatic heterocycles. The van der Waals surface area contributed by atoms with Gasteiger partial charge in [-0.2, -0.15) is 5.26 Å². The molecule has 1 amide bonds. The van der Waals surface area contributed by atoms with Crippen LogP contribution in [0.4, 0.5) is 4.79 Å². The van der Waals surface area contributed by atoms with Crippen LogP contribution in [0.5, 0.6) is 0 Å². The molecule has 0 heterocycles. The van der Waals surface area contributed by atoms with Crippen LogP contribution in [0.15, 0.2) is 0 Å². The van der Waals surface area contributed by atoms with Gasteiger partial charge in [0, 0.05) is 6.42 Å². The fraction of sp³-hybridized carbons (Fsp3) is 0.692. The van der Waals surface area contributed by atoms with Gasteiger partial charge in [-0.25, -0.2) is 4.79 Å². The minimum atomic E-state index is -1.29. The first-order chi connectivity index (χ1) is 9.64. The SMILES string of the molecule is COC(=O)C(CC(C#N)NC(=O)OC(C)(C)C)C(=O)OC. The molecule has 0 saturated heterocycles. The van der Waals surface area contributed by atoms with E-state index in [1.54, 1.807) is 26.8 Å². The number of carbonyl (C=O) groups excluding carboxylic acids is 3. The standard InChI is InChI=1S/C13H20N2O6/c1-13(2,3)21-12(18)15-8(7-14)6-9(10(16)19-4)11(17)20-5/h8-9H,6H2,1-5H3,(H,15,18). The number of nitriles is 1. The highest BCUT2D eigenvalue weighted by atomic mass is 16.6. The molecule has 8 heteroatoms. The van der Waals surface area contributed by atoms with Gasteiger partial charge in [0.2, 0.25) is 0 Å². The van der Waals surface area contributed by atoms with Crippen molar-refractivity contribution in [2.45, 2.75) is 38.8 Å². The van der Waals surface area contributed by atoms with Crippen molar-refractivity contribution >= 4 is 18.0 Å². The molecule has 8 nitrogen and oxygen atoms in total. The van der Waals surface area contributed by atoms with Crippen molar-refractivity contribution < 1.29 is 28.6 Å². The first kappa shape index (κ1) is 18.7. The second-order valence-corrected chi connectivity index (χ2v) is 5.16. The molecule has 0 aromatic heterocycles. The molecule has 1 N–H and O–H groups in total. The van der Waals surface area contributed by atoms with Crippen LogP contribution in [0.1, 0.15) is 27.2 Å². The van der Waals surface area contributed by atoms with E-state index in [-0.39, 0.29) is 6.42 Å². The molecular weight excluding hydrogens is 280 g/mol. The van der Waals surface area contributed by atoms with Crippen molar-refractivity contribution in [1.29, 1.82) is 5.26 Å². The lowest BCUT2D eigenvalue weighted by Crippen LogP contribution is -2.41. The Balaban J connectivity index is 4.80. The van der Waals surface area contributed by atoms with Crippen LogP contribution in [-0.2, 0) is 23.8 Å². The molecule has 0 aromatic rings. The first-order valence-electron chi connectivity index (χ1n) is 6.19. The fourth-order valence-electron chi connectivity index (χ4n) is 1.40. The summed E-state index contributed by atoms with van der Waals surface area (Å²) in [5.41, 5.74) is -0.728. The molecule has 1 unspecified atom stereocenters. The van der Waals surface area contributed by atoms with Crippen LogP contribution in [-0.4, -0.2) is 43.9 Å². The lowest BCUT2D eigenvalue weighted by molar-refractivity contribution is -0.159. The molecule has 0 aliphatic carbocycles. The molecule has 0 aromatic carbocycles. The summed E-state index contributed by atoms with van der Waals surface area (Å²) >= 11 is 0. The molecule has 0 spiro atoms. The normalized spacial score (nSPS) is 12.0. The number of carbonyl (C=O) groups is 3. The van der Waals surface area contributed by atoms with E-state index in [9.17, 15) is 14.4 Å². The minimum absolute atomic E-state index is 0.269. The third-order valence-corrected chi connectivity index (χ3v) is 2.29. The summed E-state index contributed by atoms with van der Waals surface area (Å²) in [6.07, 6.45) is -1.09. The Morgan fingerprint density at radius 3 is 1.95 bits per heavy atom. The van der Waals surface area contributed by atoms with E-state index < -0.39 is 35.6 Å². The summed E-state index contributed by atoms with van der Waals surface area (Å²) in [4.78, 5) is 34.6. The number of rotatable bonds is 5. The van der Waals surface area contributed by atoms with Gasteiger partial charge in [-0.05, 0) is 20.8 Å². The molecule has 0 fully saturated rings. The lowest BCUT2D eigenvalue weighted by Gasteiger charge is -2.22. The van der Waals surface area contributed by atoms with Gasteiger partial charge in [0.15, 0.2) is 5.92 Å². The zero-order valence-corrected chi connectivity index (χ0v) is 12.8. The van der Waals surface area contributed by atoms with Crippen molar-refractivity contribution in [2.24, 2.45) is 5.92 Å². The smallest absolute Gasteiger partial charge is 0.408 e. The number of methoxy groups -OCH3 is 2. The van der Waals surface area contributed by atoms with Crippen LogP contribution >= 0.6 is 0 Å². The maximum atomic E-state index is 11.6. The van der Waals surface area contributed by atoms with E-state index >= 15 is 0 Å². The summed E-state index contributed by atoms with van der Waals surface area (Å²) in [5.74, 6) is -2.97. The second-order valence-electron chi connectivity index (χ2n) is 5.16. The number of nitrogens with one attached hydrogen (secondary N) is 1. The zero-order chi connectivity index (χ0) is 16.6. The Labute approximate surface area is 123 Å². The third-order valence-electron chi connectivity index (χ3n) is 2.29. The monoisotopic (exact) mass is 300 g/mol. The number of nitrogens with zero attached hydrogens (tertiary/aromatic N) is 1. The van der Waals surface area contributed by atoms with Crippen LogP contribution < -0.4 is 5.32 Å². The van der Waals surface area contributed by atoms with Gasteiger partial charge in [-0.1, -0.05) is 0 Å². The molecule has 0 saturated carbocycles. The number of amides is 1. The highest BCUT2D eigenvalue weighted by molar-refractivity contribution is 5.94. The predicted octanol–water partition coefficient (Wildman–Crippen LogP) is 0.756. The van der Waals surface area contributed by atoms with Crippen molar-refractivity contribution in [3.8, 4) is 6.07 Å². The van der Waals surface area contributed by atoms with Gasteiger partial charge in [-0.3, -0.25) is 9.59 Å². The van der Waals surface area contributed by atoms with Crippen LogP contribution in [0.2, 0.25) is 0 Å². The predicted molar refractivity (Wildman–Crippen MR) is 70.9 cm³/mol. The van der Waals surface area contributed by atoms with E-state index in [0.717, 1.165) is 14.2 Å². The van der Waals surface area contributed by atoms with E-state index in [4.69, 9.17) is 10.00 Å². The summed E-state index contributed by atoms with van der Waals surface area (Å²) in [6, 6.07) is 0.685. The number of alkyl carbamates (subject to hydrolysis) is 1. The highest BCUT2D eigenvalue weighted by Gasteiger charge is 2.32. The highest BCUT2D eigenvalue weighted by Crippen LogP contribution is 2.12. The van der Waals surface area contributed by atoms with Gasteiger partial charge in [-0.15, -0.1) is 0 Å². The van der Waals surface area contributed by atoms with Crippen LogP contribution in [0, 0.1) is 17.2 Å². The van der Waals surface area contributed by atoms with Gasteiger partial charge in [0.25, 0.3) is 0 Å². The maximum absolute atomic E-state index is 11.6. The molecule has 0 rings (SSSR count). The molecule has 0 aliphatic rings. The third kappa shape index (κ3) is 7.15. The summed E-state index contributed by atoms with van der Waals surface area (Å²) in [6.45, 7) is 5.00. The number of hydrogen-bond acceptors (Lipinski definition) is 7. The molecular formula is C13H20N2O6. The van der Waals surface area contributed by atoms with E-state index in [0.29, 0.717) is 0 Å². The van der Waals surface area contributed by atoms with Gasteiger partial charge < -0.3 is 19.5 Å². The minimum Gasteiger partial charge on any atom is -0.468 e. The summed E-state index contributed by atoms with van der Waals surface area (Å²) in [7, 11) is 2.22. The van der Waals surface area contributed by atoms with Crippen molar-refractivity contribution in [2.75, 3.05) is 14.2 Å². The Kier molecular flexibility index (Phi) is 7.21. The quantitative estimate of drug-likeness (QED) is 0.452. The number of ether oxygens (including phenoxy) is 3. The molecule has 1 atom stereocenters. The second kappa shape index (κ2) is 8.09. The van der Waals surface area contributed by atoms with Crippen molar-refractivity contribution in [3.05, 3.63) is 0 Å². The molecule has 21 heavy (non-hydrogen) atoms. The Hall–Kier alpha value is -2.30. The Bertz CT molecular complexity index is 419. The van der Waals surface area contributed by atoms with Crippen LogP contribution in [0.3, 0.4) is 0 Å². The van der Waals surface area contributed by atoms with Gasteiger partial charge in [0.1, 0.15) is 11.6 Å². The maximum Gasteiger partial charge on any atom is 0.408 e. The molecule has 0 radical (unpaired) electrons. The molecule has 0 bridgehead atoms. The Morgan fingerprint density at radius 1 is 1.14 bits per heavy atom. The van der Waals surface area contributed by atoms with Crippen LogP contribution in [0.25, 0.3) is 0 Å². The largest absolute Gasteiger partial charge is 0.468 e. The Morgan fingerprint density at radius 2 is 1.62 bits per heavy atom. The van der Waals surface area contributed by atoms with E-state index in [2.05, 4.69) is 14.8 Å². The fourth-order valence-corrected chi connectivity index (χ4v) is 1.40. The summed E-state index contributed by atoms with van der Waals surface area (Å²) in [5, 5.41) is 11.3. The van der Waals surface area contributed by atoms with Crippen molar-refractivity contribution in [1.82, 2.24) is 5.32 Å². The summed E-state index contributed by atoms with van der Waals surface area (Å²) < 4.78 is 13.9. The van der Waals surface area contributed by atoms with Gasteiger partial charge in [0.05, 0.1) is 20.3 Å². The molecule has 118 valence electrons. The first-order valence-corrected chi connectivity index (χ1v) is 6.19. The van der Waals surface area contributed by atoms with Gasteiger partial charge >= 0.3 is 18.0 Å². The average Bonchev–Trinajstić information content (AvgIpc) is 2.39. The van der Waals surface area contributed by atoms with Crippen molar-refractivity contribution in [3.63, 3.8) is 0 Å². The topological polar surface area (TPSA) is 115 Å². The average molecular weight is 300 g/mol. The number of esters is 2. The van der Waals surface area contributed by atoms with E-state index in [1.165, 1.54) is 0 Å². The zero-order valence-electron chi connectivity index (χ0n) is 12.8. The lowest BCUT2D eigenvalue weighted by atomic mass is 10.0. The van der Waals surface area contributed by atoms with E-state index in [1.807, 2.05) is 0 Å². The number of hydrogen-bond donors (Lipinski definition) is 1.